The summed E-state index contributed by atoms with van der Waals surface area (Å²) in [6, 6.07) is 1.35. The first-order chi connectivity index (χ1) is 8.65. The van der Waals surface area contributed by atoms with E-state index in [-0.39, 0.29) is 0 Å². The van der Waals surface area contributed by atoms with Crippen molar-refractivity contribution >= 4 is 23.3 Å². The van der Waals surface area contributed by atoms with Crippen LogP contribution in [-0.4, -0.2) is 24.4 Å². The lowest BCUT2D eigenvalue weighted by atomic mass is 10.2. The highest BCUT2D eigenvalue weighted by atomic mass is 35.5. The third-order valence-corrected chi connectivity index (χ3v) is 2.15. The van der Waals surface area contributed by atoms with Crippen LogP contribution in [-0.2, 0) is 4.74 Å². The number of esters is 1. The van der Waals surface area contributed by atoms with E-state index < -0.39 is 39.3 Å². The monoisotopic (exact) mass is 299 g/mol. The van der Waals surface area contributed by atoms with Crippen LogP contribution in [0.4, 0.5) is 18.9 Å². The number of nitrogens with zero attached hydrogens (tertiary/aromatic N) is 1. The summed E-state index contributed by atoms with van der Waals surface area (Å²) < 4.78 is 44.1. The number of halogens is 4. The van der Waals surface area contributed by atoms with Crippen LogP contribution in [0.15, 0.2) is 12.1 Å². The van der Waals surface area contributed by atoms with E-state index in [9.17, 15) is 28.1 Å². The summed E-state index contributed by atoms with van der Waals surface area (Å²) in [7, 11) is 0.988. The maximum absolute atomic E-state index is 12.1. The fourth-order valence-corrected chi connectivity index (χ4v) is 1.47. The molecule has 0 aliphatic carbocycles. The van der Waals surface area contributed by atoms with Gasteiger partial charge >= 0.3 is 18.0 Å². The van der Waals surface area contributed by atoms with Gasteiger partial charge in [-0.05, 0) is 6.07 Å². The third-order valence-electron chi connectivity index (χ3n) is 1.86. The van der Waals surface area contributed by atoms with Crippen LogP contribution in [0.1, 0.15) is 10.4 Å². The van der Waals surface area contributed by atoms with E-state index in [0.717, 1.165) is 13.2 Å². The van der Waals surface area contributed by atoms with Gasteiger partial charge in [-0.15, -0.1) is 13.2 Å². The van der Waals surface area contributed by atoms with Crippen molar-refractivity contribution in [3.63, 3.8) is 0 Å². The molecule has 0 N–H and O–H groups in total. The van der Waals surface area contributed by atoms with Crippen LogP contribution in [0.2, 0.25) is 5.02 Å². The quantitative estimate of drug-likeness (QED) is 0.487. The van der Waals surface area contributed by atoms with Gasteiger partial charge < -0.3 is 9.47 Å². The Balaban J connectivity index is 3.41. The first-order valence-corrected chi connectivity index (χ1v) is 4.85. The second-order valence-corrected chi connectivity index (χ2v) is 3.51. The van der Waals surface area contributed by atoms with E-state index in [2.05, 4.69) is 9.47 Å². The van der Waals surface area contributed by atoms with Gasteiger partial charge in [0.05, 0.1) is 17.6 Å². The Morgan fingerprint density at radius 2 is 2.00 bits per heavy atom. The van der Waals surface area contributed by atoms with Crippen molar-refractivity contribution in [1.29, 1.82) is 0 Å². The Morgan fingerprint density at radius 1 is 1.42 bits per heavy atom. The number of ether oxygens (including phenoxy) is 2. The molecule has 6 nitrogen and oxygen atoms in total. The number of rotatable bonds is 3. The minimum Gasteiger partial charge on any atom is -0.465 e. The van der Waals surface area contributed by atoms with Crippen LogP contribution in [0.25, 0.3) is 0 Å². The molecular weight excluding hydrogens is 295 g/mol. The summed E-state index contributed by atoms with van der Waals surface area (Å²) in [6.07, 6.45) is -5.16. The lowest BCUT2D eigenvalue weighted by Gasteiger charge is -2.11. The van der Waals surface area contributed by atoms with Gasteiger partial charge in [0.25, 0.3) is 0 Å². The molecular formula is C9H5ClF3NO5. The van der Waals surface area contributed by atoms with Gasteiger partial charge in [-0.25, -0.2) is 4.79 Å². The van der Waals surface area contributed by atoms with Crippen molar-refractivity contribution in [3.05, 3.63) is 32.8 Å². The summed E-state index contributed by atoms with van der Waals surface area (Å²) >= 11 is 5.46. The number of hydrogen-bond donors (Lipinski definition) is 0. The van der Waals surface area contributed by atoms with E-state index in [1.54, 1.807) is 0 Å². The first kappa shape index (κ1) is 15.0. The molecule has 10 heteroatoms. The number of nitro benzene ring substituents is 1. The molecule has 19 heavy (non-hydrogen) atoms. The lowest BCUT2D eigenvalue weighted by Crippen LogP contribution is -2.18. The molecule has 0 saturated heterocycles. The highest BCUT2D eigenvalue weighted by Gasteiger charge is 2.36. The summed E-state index contributed by atoms with van der Waals surface area (Å²) in [5, 5.41) is 9.96. The molecule has 1 rings (SSSR count). The summed E-state index contributed by atoms with van der Waals surface area (Å²) in [5.41, 5.74) is -1.50. The molecule has 0 aliphatic rings. The summed E-state index contributed by atoms with van der Waals surface area (Å²) in [5.74, 6) is -2.20. The number of nitro groups is 1. The number of hydrogen-bond acceptors (Lipinski definition) is 5. The minimum atomic E-state index is -5.16. The molecule has 0 aromatic heterocycles. The standard InChI is InChI=1S/C9H5ClF3NO5/c1-18-8(15)4-2-5(10)7(14(16)17)6(3-4)19-9(11,12)13/h2-3H,1H3. The van der Waals surface area contributed by atoms with Crippen LogP contribution in [0, 0.1) is 10.1 Å². The number of alkyl halides is 3. The van der Waals surface area contributed by atoms with Gasteiger partial charge in [0, 0.05) is 6.07 Å². The summed E-state index contributed by atoms with van der Waals surface area (Å²) in [6.45, 7) is 0. The summed E-state index contributed by atoms with van der Waals surface area (Å²) in [4.78, 5) is 20.7. The van der Waals surface area contributed by atoms with Crippen molar-refractivity contribution in [2.75, 3.05) is 7.11 Å². The second kappa shape index (κ2) is 5.31. The molecule has 0 spiro atoms. The largest absolute Gasteiger partial charge is 0.573 e. The number of carbonyl (C=O) groups excluding carboxylic acids is 1. The normalized spacial score (nSPS) is 11.0. The predicted molar refractivity (Wildman–Crippen MR) is 56.1 cm³/mol. The van der Waals surface area contributed by atoms with Gasteiger partial charge in [0.15, 0.2) is 0 Å². The zero-order chi connectivity index (χ0) is 14.8. The minimum absolute atomic E-state index is 0.405. The Labute approximate surface area is 108 Å². The van der Waals surface area contributed by atoms with Crippen LogP contribution in [0.3, 0.4) is 0 Å². The lowest BCUT2D eigenvalue weighted by molar-refractivity contribution is -0.388. The fourth-order valence-electron chi connectivity index (χ4n) is 1.19. The molecule has 0 fully saturated rings. The molecule has 0 unspecified atom stereocenters. The van der Waals surface area contributed by atoms with Crippen molar-refractivity contribution < 1.29 is 32.4 Å². The average Bonchev–Trinajstić information content (AvgIpc) is 2.24. The van der Waals surface area contributed by atoms with E-state index in [4.69, 9.17) is 11.6 Å². The predicted octanol–water partition coefficient (Wildman–Crippen LogP) is 2.93. The molecule has 0 saturated carbocycles. The molecule has 0 radical (unpaired) electrons. The topological polar surface area (TPSA) is 78.7 Å². The van der Waals surface area contributed by atoms with E-state index in [0.29, 0.717) is 6.07 Å². The SMILES string of the molecule is COC(=O)c1cc(Cl)c([N+](=O)[O-])c(OC(F)(F)F)c1. The van der Waals surface area contributed by atoms with Gasteiger partial charge in [-0.3, -0.25) is 10.1 Å². The molecule has 104 valence electrons. The molecule has 0 amide bonds. The molecule has 0 aliphatic heterocycles. The van der Waals surface area contributed by atoms with Crippen molar-refractivity contribution in [3.8, 4) is 5.75 Å². The third kappa shape index (κ3) is 3.71. The van der Waals surface area contributed by atoms with Crippen molar-refractivity contribution in [1.82, 2.24) is 0 Å². The van der Waals surface area contributed by atoms with Crippen molar-refractivity contribution in [2.45, 2.75) is 6.36 Å². The fraction of sp³-hybridized carbons (Fsp3) is 0.222. The molecule has 0 atom stereocenters. The number of benzene rings is 1. The number of carbonyl (C=O) groups is 1. The van der Waals surface area contributed by atoms with Gasteiger partial charge in [-0.2, -0.15) is 0 Å². The number of methoxy groups -OCH3 is 1. The Hall–Kier alpha value is -2.03. The average molecular weight is 300 g/mol. The van der Waals surface area contributed by atoms with Crippen LogP contribution >= 0.6 is 11.6 Å². The molecule has 1 aromatic rings. The van der Waals surface area contributed by atoms with E-state index >= 15 is 0 Å². The molecule has 0 heterocycles. The molecule has 0 bridgehead atoms. The maximum Gasteiger partial charge on any atom is 0.573 e. The van der Waals surface area contributed by atoms with Gasteiger partial charge in [0.2, 0.25) is 5.75 Å². The zero-order valence-electron chi connectivity index (χ0n) is 9.16. The zero-order valence-corrected chi connectivity index (χ0v) is 9.91. The van der Waals surface area contributed by atoms with E-state index in [1.165, 1.54) is 0 Å². The Morgan fingerprint density at radius 3 is 2.42 bits per heavy atom. The van der Waals surface area contributed by atoms with Crippen LogP contribution < -0.4 is 4.74 Å². The molecule has 1 aromatic carbocycles. The Bertz CT molecular complexity index is 531. The van der Waals surface area contributed by atoms with E-state index in [1.807, 2.05) is 0 Å². The van der Waals surface area contributed by atoms with Crippen molar-refractivity contribution in [2.24, 2.45) is 0 Å². The first-order valence-electron chi connectivity index (χ1n) is 4.47. The highest BCUT2D eigenvalue weighted by molar-refractivity contribution is 6.33. The smallest absolute Gasteiger partial charge is 0.465 e. The second-order valence-electron chi connectivity index (χ2n) is 3.10. The van der Waals surface area contributed by atoms with Crippen LogP contribution in [0.5, 0.6) is 5.75 Å². The van der Waals surface area contributed by atoms with Gasteiger partial charge in [-0.1, -0.05) is 11.6 Å². The maximum atomic E-state index is 12.1. The highest BCUT2D eigenvalue weighted by Crippen LogP contribution is 2.38. The van der Waals surface area contributed by atoms with Gasteiger partial charge in [0.1, 0.15) is 5.02 Å². The Kier molecular flexibility index (Phi) is 4.20.